The lowest BCUT2D eigenvalue weighted by atomic mass is 9.98. The van der Waals surface area contributed by atoms with Crippen molar-refractivity contribution in [2.45, 2.75) is 44.8 Å². The molecule has 2 N–H and O–H groups in total. The summed E-state index contributed by atoms with van der Waals surface area (Å²) in [5.74, 6) is 1.63. The van der Waals surface area contributed by atoms with Gasteiger partial charge in [-0.25, -0.2) is 0 Å². The second kappa shape index (κ2) is 5.92. The van der Waals surface area contributed by atoms with Gasteiger partial charge in [-0.15, -0.1) is 0 Å². The number of hydrogen-bond acceptors (Lipinski definition) is 3. The standard InChI is InChI=1S/C14H21NO2/c1-16-13-8-7-11(10-15)9-14(13)17-12-5-3-2-4-6-12/h7-9,12H,2-6,10,15H2,1H3. The summed E-state index contributed by atoms with van der Waals surface area (Å²) in [7, 11) is 1.67. The van der Waals surface area contributed by atoms with Gasteiger partial charge in [-0.05, 0) is 43.4 Å². The van der Waals surface area contributed by atoms with Crippen LogP contribution in [0.15, 0.2) is 18.2 Å². The third kappa shape index (κ3) is 3.13. The molecule has 0 heterocycles. The van der Waals surface area contributed by atoms with Crippen molar-refractivity contribution in [3.05, 3.63) is 23.8 Å². The first-order valence-corrected chi connectivity index (χ1v) is 6.37. The fourth-order valence-corrected chi connectivity index (χ4v) is 2.30. The number of rotatable bonds is 4. The molecule has 0 bridgehead atoms. The van der Waals surface area contributed by atoms with Crippen LogP contribution in [-0.4, -0.2) is 13.2 Å². The van der Waals surface area contributed by atoms with Crippen LogP contribution < -0.4 is 15.2 Å². The van der Waals surface area contributed by atoms with E-state index in [9.17, 15) is 0 Å². The minimum atomic E-state index is 0.339. The van der Waals surface area contributed by atoms with E-state index in [1.54, 1.807) is 7.11 Å². The van der Waals surface area contributed by atoms with Crippen LogP contribution in [0.3, 0.4) is 0 Å². The van der Waals surface area contributed by atoms with E-state index in [1.807, 2.05) is 18.2 Å². The molecule has 0 unspecified atom stereocenters. The van der Waals surface area contributed by atoms with Crippen LogP contribution in [0, 0.1) is 0 Å². The molecule has 3 heteroatoms. The number of methoxy groups -OCH3 is 1. The van der Waals surface area contributed by atoms with Crippen molar-refractivity contribution in [2.24, 2.45) is 5.73 Å². The molecule has 1 aromatic rings. The zero-order valence-corrected chi connectivity index (χ0v) is 10.4. The molecule has 3 nitrogen and oxygen atoms in total. The van der Waals surface area contributed by atoms with Crippen LogP contribution in [0.25, 0.3) is 0 Å². The summed E-state index contributed by atoms with van der Waals surface area (Å²) >= 11 is 0. The highest BCUT2D eigenvalue weighted by Gasteiger charge is 2.16. The average Bonchev–Trinajstić information content (AvgIpc) is 2.40. The van der Waals surface area contributed by atoms with Crippen LogP contribution >= 0.6 is 0 Å². The maximum atomic E-state index is 6.04. The second-order valence-electron chi connectivity index (χ2n) is 4.57. The molecule has 94 valence electrons. The largest absolute Gasteiger partial charge is 0.493 e. The Morgan fingerprint density at radius 2 is 1.94 bits per heavy atom. The molecule has 1 aliphatic rings. The van der Waals surface area contributed by atoms with E-state index >= 15 is 0 Å². The van der Waals surface area contributed by atoms with Crippen molar-refractivity contribution >= 4 is 0 Å². The minimum absolute atomic E-state index is 0.339. The lowest BCUT2D eigenvalue weighted by molar-refractivity contribution is 0.149. The Morgan fingerprint density at radius 1 is 1.18 bits per heavy atom. The van der Waals surface area contributed by atoms with Gasteiger partial charge in [0.25, 0.3) is 0 Å². The number of ether oxygens (including phenoxy) is 2. The molecule has 2 rings (SSSR count). The molecule has 1 saturated carbocycles. The topological polar surface area (TPSA) is 44.5 Å². The normalized spacial score (nSPS) is 16.8. The van der Waals surface area contributed by atoms with Crippen molar-refractivity contribution in [3.63, 3.8) is 0 Å². The van der Waals surface area contributed by atoms with E-state index < -0.39 is 0 Å². The summed E-state index contributed by atoms with van der Waals surface area (Å²) in [5.41, 5.74) is 6.73. The van der Waals surface area contributed by atoms with Gasteiger partial charge in [-0.3, -0.25) is 0 Å². The smallest absolute Gasteiger partial charge is 0.161 e. The predicted molar refractivity (Wildman–Crippen MR) is 68.4 cm³/mol. The third-order valence-corrected chi connectivity index (χ3v) is 3.31. The van der Waals surface area contributed by atoms with Crippen molar-refractivity contribution < 1.29 is 9.47 Å². The maximum absolute atomic E-state index is 6.04. The van der Waals surface area contributed by atoms with Gasteiger partial charge in [0.05, 0.1) is 13.2 Å². The van der Waals surface area contributed by atoms with Gasteiger partial charge in [0.1, 0.15) is 0 Å². The van der Waals surface area contributed by atoms with Gasteiger partial charge in [0.15, 0.2) is 11.5 Å². The molecule has 1 aliphatic carbocycles. The first kappa shape index (κ1) is 12.2. The van der Waals surface area contributed by atoms with E-state index in [4.69, 9.17) is 15.2 Å². The highest BCUT2D eigenvalue weighted by Crippen LogP contribution is 2.31. The van der Waals surface area contributed by atoms with Crippen LogP contribution in [0.5, 0.6) is 11.5 Å². The molecule has 0 spiro atoms. The Morgan fingerprint density at radius 3 is 2.59 bits per heavy atom. The summed E-state index contributed by atoms with van der Waals surface area (Å²) < 4.78 is 11.4. The SMILES string of the molecule is COc1ccc(CN)cc1OC1CCCCC1. The van der Waals surface area contributed by atoms with Gasteiger partial charge in [-0.1, -0.05) is 12.5 Å². The highest BCUT2D eigenvalue weighted by molar-refractivity contribution is 5.43. The predicted octanol–water partition coefficient (Wildman–Crippen LogP) is 2.87. The van der Waals surface area contributed by atoms with E-state index in [-0.39, 0.29) is 0 Å². The van der Waals surface area contributed by atoms with Crippen LogP contribution in [0.2, 0.25) is 0 Å². The first-order chi connectivity index (χ1) is 8.33. The summed E-state index contributed by atoms with van der Waals surface area (Å²) in [5, 5.41) is 0. The fourth-order valence-electron chi connectivity index (χ4n) is 2.30. The Labute approximate surface area is 103 Å². The van der Waals surface area contributed by atoms with Crippen molar-refractivity contribution in [1.82, 2.24) is 0 Å². The highest BCUT2D eigenvalue weighted by atomic mass is 16.5. The van der Waals surface area contributed by atoms with E-state index in [0.717, 1.165) is 29.9 Å². The quantitative estimate of drug-likeness (QED) is 0.872. The molecule has 0 atom stereocenters. The molecule has 0 saturated heterocycles. The van der Waals surface area contributed by atoms with E-state index in [2.05, 4.69) is 0 Å². The van der Waals surface area contributed by atoms with Crippen LogP contribution in [0.4, 0.5) is 0 Å². The second-order valence-corrected chi connectivity index (χ2v) is 4.57. The zero-order valence-electron chi connectivity index (χ0n) is 10.4. The van der Waals surface area contributed by atoms with Gasteiger partial charge in [0, 0.05) is 6.54 Å². The van der Waals surface area contributed by atoms with Gasteiger partial charge in [-0.2, -0.15) is 0 Å². The minimum Gasteiger partial charge on any atom is -0.493 e. The number of benzene rings is 1. The van der Waals surface area contributed by atoms with Crippen LogP contribution in [-0.2, 0) is 6.54 Å². The molecule has 1 aromatic carbocycles. The Hall–Kier alpha value is -1.22. The molecule has 17 heavy (non-hydrogen) atoms. The molecular formula is C14H21NO2. The molecular weight excluding hydrogens is 214 g/mol. The maximum Gasteiger partial charge on any atom is 0.161 e. The fraction of sp³-hybridized carbons (Fsp3) is 0.571. The summed E-state index contributed by atoms with van der Waals surface area (Å²) in [6.07, 6.45) is 6.50. The van der Waals surface area contributed by atoms with Crippen LogP contribution in [0.1, 0.15) is 37.7 Å². The Kier molecular flexibility index (Phi) is 4.26. The lowest BCUT2D eigenvalue weighted by Gasteiger charge is -2.24. The summed E-state index contributed by atoms with van der Waals surface area (Å²) in [6, 6.07) is 5.90. The number of nitrogens with two attached hydrogens (primary N) is 1. The molecule has 0 aliphatic heterocycles. The van der Waals surface area contributed by atoms with Gasteiger partial charge < -0.3 is 15.2 Å². The molecule has 1 fully saturated rings. The molecule has 0 aromatic heterocycles. The Bertz CT molecular complexity index is 359. The summed E-state index contributed by atoms with van der Waals surface area (Å²) in [6.45, 7) is 0.533. The van der Waals surface area contributed by atoms with Crippen molar-refractivity contribution in [2.75, 3.05) is 7.11 Å². The first-order valence-electron chi connectivity index (χ1n) is 6.37. The average molecular weight is 235 g/mol. The third-order valence-electron chi connectivity index (χ3n) is 3.31. The summed E-state index contributed by atoms with van der Waals surface area (Å²) in [4.78, 5) is 0. The van der Waals surface area contributed by atoms with Crippen molar-refractivity contribution in [3.8, 4) is 11.5 Å². The monoisotopic (exact) mass is 235 g/mol. The number of hydrogen-bond donors (Lipinski definition) is 1. The van der Waals surface area contributed by atoms with Gasteiger partial charge >= 0.3 is 0 Å². The molecule has 0 radical (unpaired) electrons. The zero-order chi connectivity index (χ0) is 12.1. The Balaban J connectivity index is 2.11. The van der Waals surface area contributed by atoms with E-state index in [1.165, 1.54) is 19.3 Å². The van der Waals surface area contributed by atoms with E-state index in [0.29, 0.717) is 12.6 Å². The van der Waals surface area contributed by atoms with Gasteiger partial charge in [0.2, 0.25) is 0 Å². The molecule has 0 amide bonds. The van der Waals surface area contributed by atoms with Crippen molar-refractivity contribution in [1.29, 1.82) is 0 Å². The lowest BCUT2D eigenvalue weighted by Crippen LogP contribution is -2.20.